The van der Waals surface area contributed by atoms with Gasteiger partial charge in [0.2, 0.25) is 5.91 Å². The summed E-state index contributed by atoms with van der Waals surface area (Å²) in [5.41, 5.74) is 3.04. The summed E-state index contributed by atoms with van der Waals surface area (Å²) in [6.07, 6.45) is 7.61. The molecule has 0 aliphatic heterocycles. The number of nitrogens with one attached hydrogen (secondary N) is 2. The first-order chi connectivity index (χ1) is 14.4. The standard InChI is InChI=1S/C23H31N3O4/c1-15(25-26-22(28)14-30-20-5-3-19(29-2)4-6-20)7-21(27)24-23-11-16-8-17(12-23)10-18(9-16)13-23/h3-6,16-18H,7-14H2,1-2H3,(H,24,27)(H,26,28)/b25-15+. The zero-order valence-electron chi connectivity index (χ0n) is 17.8. The molecule has 0 heterocycles. The van der Waals surface area contributed by atoms with E-state index in [1.54, 1.807) is 38.3 Å². The summed E-state index contributed by atoms with van der Waals surface area (Å²) < 4.78 is 10.5. The molecule has 4 fully saturated rings. The Kier molecular flexibility index (Phi) is 5.97. The van der Waals surface area contributed by atoms with Crippen LogP contribution >= 0.6 is 0 Å². The van der Waals surface area contributed by atoms with Crippen molar-refractivity contribution in [3.63, 3.8) is 0 Å². The van der Waals surface area contributed by atoms with E-state index < -0.39 is 0 Å². The van der Waals surface area contributed by atoms with E-state index >= 15 is 0 Å². The minimum Gasteiger partial charge on any atom is -0.497 e. The number of rotatable bonds is 8. The van der Waals surface area contributed by atoms with Crippen LogP contribution in [0.4, 0.5) is 0 Å². The van der Waals surface area contributed by atoms with Crippen LogP contribution in [-0.2, 0) is 9.59 Å². The Labute approximate surface area is 177 Å². The molecule has 1 aromatic rings. The van der Waals surface area contributed by atoms with E-state index in [0.717, 1.165) is 42.8 Å². The van der Waals surface area contributed by atoms with Crippen LogP contribution in [0.3, 0.4) is 0 Å². The Morgan fingerprint density at radius 2 is 1.57 bits per heavy atom. The molecule has 4 aliphatic rings. The van der Waals surface area contributed by atoms with E-state index in [9.17, 15) is 9.59 Å². The first-order valence-corrected chi connectivity index (χ1v) is 10.8. The van der Waals surface area contributed by atoms with Gasteiger partial charge in [-0.05, 0) is 87.5 Å². The van der Waals surface area contributed by atoms with Crippen molar-refractivity contribution in [2.24, 2.45) is 22.9 Å². The van der Waals surface area contributed by atoms with Gasteiger partial charge in [0.1, 0.15) is 11.5 Å². The molecule has 4 saturated carbocycles. The number of hydrogen-bond donors (Lipinski definition) is 2. The highest BCUT2D eigenvalue weighted by Gasteiger charge is 2.51. The van der Waals surface area contributed by atoms with Crippen molar-refractivity contribution >= 4 is 17.5 Å². The largest absolute Gasteiger partial charge is 0.497 e. The van der Waals surface area contributed by atoms with E-state index in [-0.39, 0.29) is 30.4 Å². The molecular weight excluding hydrogens is 382 g/mol. The van der Waals surface area contributed by atoms with Crippen molar-refractivity contribution in [3.8, 4) is 11.5 Å². The first-order valence-electron chi connectivity index (χ1n) is 10.8. The Hall–Kier alpha value is -2.57. The van der Waals surface area contributed by atoms with Crippen molar-refractivity contribution in [3.05, 3.63) is 24.3 Å². The van der Waals surface area contributed by atoms with Crippen LogP contribution in [0.25, 0.3) is 0 Å². The van der Waals surface area contributed by atoms with E-state index in [1.165, 1.54) is 19.3 Å². The van der Waals surface area contributed by atoms with Crippen molar-refractivity contribution in [1.82, 2.24) is 10.7 Å². The molecule has 0 spiro atoms. The van der Waals surface area contributed by atoms with E-state index in [1.807, 2.05) is 0 Å². The number of hydrazone groups is 1. The normalized spacial score (nSPS) is 29.4. The van der Waals surface area contributed by atoms with Crippen LogP contribution in [0.1, 0.15) is 51.9 Å². The van der Waals surface area contributed by atoms with Crippen LogP contribution in [-0.4, -0.2) is 36.8 Å². The van der Waals surface area contributed by atoms with Gasteiger partial charge in [-0.3, -0.25) is 9.59 Å². The number of ether oxygens (including phenoxy) is 2. The fourth-order valence-corrected chi connectivity index (χ4v) is 5.89. The molecule has 4 aliphatic carbocycles. The zero-order chi connectivity index (χ0) is 21.1. The van der Waals surface area contributed by atoms with Crippen LogP contribution < -0.4 is 20.2 Å². The van der Waals surface area contributed by atoms with Gasteiger partial charge in [0.05, 0.1) is 13.5 Å². The SMILES string of the molecule is COc1ccc(OCC(=O)N/N=C(\C)CC(=O)NC23CC4CC(CC(C4)C2)C3)cc1. The van der Waals surface area contributed by atoms with E-state index in [0.29, 0.717) is 11.5 Å². The Morgan fingerprint density at radius 3 is 2.13 bits per heavy atom. The third-order valence-electron chi connectivity index (χ3n) is 6.66. The summed E-state index contributed by atoms with van der Waals surface area (Å²) in [4.78, 5) is 24.6. The van der Waals surface area contributed by atoms with Crippen molar-refractivity contribution in [2.75, 3.05) is 13.7 Å². The molecule has 1 aromatic carbocycles. The average Bonchev–Trinajstić information content (AvgIpc) is 2.69. The van der Waals surface area contributed by atoms with E-state index in [4.69, 9.17) is 9.47 Å². The summed E-state index contributed by atoms with van der Waals surface area (Å²) in [7, 11) is 1.59. The zero-order valence-corrected chi connectivity index (χ0v) is 17.8. The van der Waals surface area contributed by atoms with Gasteiger partial charge < -0.3 is 14.8 Å². The summed E-state index contributed by atoms with van der Waals surface area (Å²) in [6, 6.07) is 6.99. The van der Waals surface area contributed by atoms with Gasteiger partial charge in [-0.2, -0.15) is 5.10 Å². The molecule has 2 N–H and O–H groups in total. The minimum atomic E-state index is -0.369. The lowest BCUT2D eigenvalue weighted by Crippen LogP contribution is -2.60. The lowest BCUT2D eigenvalue weighted by Gasteiger charge is -2.56. The van der Waals surface area contributed by atoms with Crippen LogP contribution in [0.15, 0.2) is 29.4 Å². The second-order valence-electron chi connectivity index (χ2n) is 9.27. The fourth-order valence-electron chi connectivity index (χ4n) is 5.89. The maximum Gasteiger partial charge on any atom is 0.277 e. The molecule has 0 aromatic heterocycles. The highest BCUT2D eigenvalue weighted by Crippen LogP contribution is 2.55. The van der Waals surface area contributed by atoms with E-state index in [2.05, 4.69) is 15.8 Å². The molecule has 2 amide bonds. The Balaban J connectivity index is 1.21. The maximum absolute atomic E-state index is 12.6. The second-order valence-corrected chi connectivity index (χ2v) is 9.27. The molecule has 5 rings (SSSR count). The predicted octanol–water partition coefficient (Wildman–Crippen LogP) is 3.04. The first kappa shape index (κ1) is 20.7. The number of carbonyl (C=O) groups is 2. The fraction of sp³-hybridized carbons (Fsp3) is 0.609. The van der Waals surface area contributed by atoms with Crippen molar-refractivity contribution < 1.29 is 19.1 Å². The number of hydrogen-bond acceptors (Lipinski definition) is 5. The number of amides is 2. The smallest absolute Gasteiger partial charge is 0.277 e. The van der Waals surface area contributed by atoms with Crippen LogP contribution in [0.5, 0.6) is 11.5 Å². The van der Waals surface area contributed by atoms with Crippen molar-refractivity contribution in [2.45, 2.75) is 57.4 Å². The molecule has 4 bridgehead atoms. The van der Waals surface area contributed by atoms with Gasteiger partial charge in [0.25, 0.3) is 5.91 Å². The quantitative estimate of drug-likeness (QED) is 0.506. The number of carbonyl (C=O) groups excluding carboxylic acids is 2. The topological polar surface area (TPSA) is 89.0 Å². The highest BCUT2D eigenvalue weighted by atomic mass is 16.5. The molecule has 0 saturated heterocycles. The maximum atomic E-state index is 12.6. The molecule has 7 nitrogen and oxygen atoms in total. The monoisotopic (exact) mass is 413 g/mol. The molecular formula is C23H31N3O4. The third-order valence-corrected chi connectivity index (χ3v) is 6.66. The molecule has 0 radical (unpaired) electrons. The Bertz CT molecular complexity index is 783. The molecule has 30 heavy (non-hydrogen) atoms. The second kappa shape index (κ2) is 8.66. The van der Waals surface area contributed by atoms with Crippen LogP contribution in [0.2, 0.25) is 0 Å². The van der Waals surface area contributed by atoms with Crippen LogP contribution in [0, 0.1) is 17.8 Å². The van der Waals surface area contributed by atoms with Gasteiger partial charge in [0, 0.05) is 11.3 Å². The van der Waals surface area contributed by atoms with Gasteiger partial charge >= 0.3 is 0 Å². The van der Waals surface area contributed by atoms with Gasteiger partial charge in [-0.15, -0.1) is 0 Å². The average molecular weight is 414 g/mol. The van der Waals surface area contributed by atoms with Crippen molar-refractivity contribution in [1.29, 1.82) is 0 Å². The minimum absolute atomic E-state index is 0.00155. The predicted molar refractivity (Wildman–Crippen MR) is 113 cm³/mol. The highest BCUT2D eigenvalue weighted by molar-refractivity contribution is 6.00. The van der Waals surface area contributed by atoms with Gasteiger partial charge in [0.15, 0.2) is 6.61 Å². The lowest BCUT2D eigenvalue weighted by molar-refractivity contribution is -0.126. The molecule has 0 atom stereocenters. The van der Waals surface area contributed by atoms with Gasteiger partial charge in [-0.1, -0.05) is 0 Å². The summed E-state index contributed by atoms with van der Waals surface area (Å²) in [5, 5.41) is 7.39. The van der Waals surface area contributed by atoms with Gasteiger partial charge in [-0.25, -0.2) is 5.43 Å². The third kappa shape index (κ3) is 4.94. The summed E-state index contributed by atoms with van der Waals surface area (Å²) >= 11 is 0. The summed E-state index contributed by atoms with van der Waals surface area (Å²) in [5.74, 6) is 3.29. The number of nitrogens with zero attached hydrogens (tertiary/aromatic N) is 1. The number of benzene rings is 1. The summed E-state index contributed by atoms with van der Waals surface area (Å²) in [6.45, 7) is 1.60. The number of methoxy groups -OCH3 is 1. The molecule has 0 unspecified atom stereocenters. The Morgan fingerprint density at radius 1 is 1.00 bits per heavy atom. The molecule has 7 heteroatoms. The molecule has 162 valence electrons. The lowest BCUT2D eigenvalue weighted by atomic mass is 9.53.